The van der Waals surface area contributed by atoms with Crippen LogP contribution >= 0.6 is 0 Å². The normalized spacial score (nSPS) is 32.6. The van der Waals surface area contributed by atoms with Crippen LogP contribution in [0.5, 0.6) is 0 Å². The standard InChI is InChI=1S/C76H102O51/c1-27(77)97-21-47-53(103-33(7)83)59(104-34(8)84)66(111-41(15)91)72(118-47)124-55-49(23-99-29(3)79)120-74(68(113-43(17)93)61(55)106-36(10)86)126-57-51(25-101-31(5)81)122-76(70(115-45(19)95)63(57)108-38(12)88)127-58-52(26-102-32(6)82)121-75(69(114-44(18)94)64(58)109-39(13)89)125-56-50(24-100-30(4)80)119-73(67(112-42(16)92)62(56)107-37(11)87)123-54-48(22-98-28(2)78)117-71(116-46(20)96)65(110-40(14)90)60(54)105-35(9)85/h47-76H,21-26H2,1-20H3. The van der Waals surface area contributed by atoms with Crippen molar-refractivity contribution in [1.82, 2.24) is 0 Å². The van der Waals surface area contributed by atoms with Crippen LogP contribution in [-0.2, 0) is 243 Å². The van der Waals surface area contributed by atoms with E-state index in [1.807, 2.05) is 0 Å². The molecule has 127 heavy (non-hydrogen) atoms. The maximum atomic E-state index is 13.8. The number of carbonyl (C=O) groups excluding carboxylic acids is 20. The average molecular weight is 1830 g/mol. The number of carbonyl (C=O) groups is 20. The van der Waals surface area contributed by atoms with Gasteiger partial charge in [0.05, 0.1) is 0 Å². The van der Waals surface area contributed by atoms with Gasteiger partial charge >= 0.3 is 119 Å². The Labute approximate surface area is 722 Å². The second-order valence-electron chi connectivity index (χ2n) is 28.6. The predicted molar refractivity (Wildman–Crippen MR) is 390 cm³/mol. The van der Waals surface area contributed by atoms with E-state index in [2.05, 4.69) is 0 Å². The highest BCUT2D eigenvalue weighted by atomic mass is 16.8. The van der Waals surface area contributed by atoms with Gasteiger partial charge in [-0.05, 0) is 0 Å². The maximum absolute atomic E-state index is 13.8. The molecule has 0 N–H and O–H groups in total. The smallest absolute Gasteiger partial charge is 0.305 e. The van der Waals surface area contributed by atoms with Gasteiger partial charge in [-0.25, -0.2) is 0 Å². The lowest BCUT2D eigenvalue weighted by Crippen LogP contribution is -2.70. The Morgan fingerprint density at radius 2 is 0.260 bits per heavy atom. The number of hydrogen-bond donors (Lipinski definition) is 0. The SMILES string of the molecule is CC(=O)OCC1OC(OC2C(COC(C)=O)OC(OC3C(COC(C)=O)OC(OC4C(COC(C)=O)OC(OC5C(COC(C)=O)OC(OC6C(COC(C)=O)OC(OC(C)=O)C(OC(C)=O)C6OC(C)=O)C(OC(C)=O)C5OC(C)=O)C(OC(C)=O)C4OC(C)=O)C(OC(C)=O)C3OC(C)=O)C(OC(C)=O)C2OC(C)=O)C(OC(C)=O)C(OC(C)=O)C1OC(C)=O. The molecule has 0 spiro atoms. The molecule has 0 aromatic heterocycles. The van der Waals surface area contributed by atoms with E-state index in [4.69, 9.17) is 147 Å². The van der Waals surface area contributed by atoms with Crippen LogP contribution in [0.2, 0.25) is 0 Å². The third-order valence-electron chi connectivity index (χ3n) is 17.9. The topological polar surface area (TPSA) is 628 Å². The fourth-order valence-electron chi connectivity index (χ4n) is 13.9. The predicted octanol–water partition coefficient (Wildman–Crippen LogP) is -2.68. The summed E-state index contributed by atoms with van der Waals surface area (Å²) in [4.78, 5) is 263. The molecule has 6 aliphatic rings. The Kier molecular flexibility index (Phi) is 39.8. The van der Waals surface area contributed by atoms with E-state index in [0.717, 1.165) is 138 Å². The summed E-state index contributed by atoms with van der Waals surface area (Å²) >= 11 is 0. The summed E-state index contributed by atoms with van der Waals surface area (Å²) < 4.78 is 183. The number of esters is 20. The summed E-state index contributed by atoms with van der Waals surface area (Å²) in [5.74, 6) is -22.9. The van der Waals surface area contributed by atoms with E-state index in [-0.39, 0.29) is 0 Å². The van der Waals surface area contributed by atoms with E-state index in [1.165, 1.54) is 0 Å². The van der Waals surface area contributed by atoms with Crippen molar-refractivity contribution in [3.05, 3.63) is 0 Å². The first kappa shape index (κ1) is 105. The molecule has 0 aliphatic carbocycles. The van der Waals surface area contributed by atoms with E-state index >= 15 is 0 Å². The van der Waals surface area contributed by atoms with Crippen LogP contribution in [0, 0.1) is 0 Å². The molecule has 30 unspecified atom stereocenters. The number of ether oxygens (including phenoxy) is 31. The third kappa shape index (κ3) is 31.7. The minimum atomic E-state index is -2.44. The van der Waals surface area contributed by atoms with Crippen LogP contribution in [0.1, 0.15) is 138 Å². The van der Waals surface area contributed by atoms with Gasteiger partial charge in [-0.2, -0.15) is 0 Å². The largest absolute Gasteiger partial charge is 0.463 e. The van der Waals surface area contributed by atoms with Crippen molar-refractivity contribution < 1.29 is 243 Å². The molecule has 30 atom stereocenters. The Bertz CT molecular complexity index is 3970. The minimum Gasteiger partial charge on any atom is -0.463 e. The molecule has 6 heterocycles. The van der Waals surface area contributed by atoms with Crippen molar-refractivity contribution in [2.75, 3.05) is 39.6 Å². The van der Waals surface area contributed by atoms with E-state index in [9.17, 15) is 95.9 Å². The highest BCUT2D eigenvalue weighted by molar-refractivity contribution is 5.73. The molecular formula is C76H102O51. The van der Waals surface area contributed by atoms with Crippen LogP contribution in [0.15, 0.2) is 0 Å². The highest BCUT2D eigenvalue weighted by Gasteiger charge is 2.65. The molecule has 6 rings (SSSR count). The van der Waals surface area contributed by atoms with E-state index in [1.54, 1.807) is 0 Å². The molecule has 0 aromatic carbocycles. The molecule has 0 radical (unpaired) electrons. The van der Waals surface area contributed by atoms with Crippen molar-refractivity contribution in [2.24, 2.45) is 0 Å². The first-order valence-electron chi connectivity index (χ1n) is 38.8. The zero-order valence-corrected chi connectivity index (χ0v) is 72.4. The monoisotopic (exact) mass is 1830 g/mol. The average Bonchev–Trinajstić information content (AvgIpc) is 0.755. The zero-order chi connectivity index (χ0) is 95.0. The van der Waals surface area contributed by atoms with Gasteiger partial charge in [0.2, 0.25) is 12.4 Å². The molecule has 0 bridgehead atoms. The van der Waals surface area contributed by atoms with Crippen molar-refractivity contribution in [3.8, 4) is 0 Å². The van der Waals surface area contributed by atoms with Crippen LogP contribution in [0.4, 0.5) is 0 Å². The zero-order valence-electron chi connectivity index (χ0n) is 72.4. The van der Waals surface area contributed by atoms with Gasteiger partial charge in [-0.15, -0.1) is 0 Å². The van der Waals surface area contributed by atoms with Crippen LogP contribution < -0.4 is 0 Å². The Hall–Kier alpha value is -11.0. The summed E-state index contributed by atoms with van der Waals surface area (Å²) in [6.07, 6.45) is -64.2. The summed E-state index contributed by atoms with van der Waals surface area (Å²) in [6, 6.07) is 0. The molecule has 0 saturated carbocycles. The lowest BCUT2D eigenvalue weighted by Gasteiger charge is -2.52. The fraction of sp³-hybridized carbons (Fsp3) is 0.737. The first-order chi connectivity index (χ1) is 59.4. The number of hydrogen-bond acceptors (Lipinski definition) is 51. The Morgan fingerprint density at radius 3 is 0.409 bits per heavy atom. The number of rotatable bonds is 36. The molecule has 0 amide bonds. The summed E-state index contributed by atoms with van der Waals surface area (Å²) in [7, 11) is 0. The van der Waals surface area contributed by atoms with E-state index < -0.39 is 343 Å². The summed E-state index contributed by atoms with van der Waals surface area (Å²) in [5.41, 5.74) is 0. The molecule has 0 aromatic rings. The fourth-order valence-corrected chi connectivity index (χ4v) is 13.9. The Morgan fingerprint density at radius 1 is 0.142 bits per heavy atom. The Balaban J connectivity index is 1.55. The van der Waals surface area contributed by atoms with Crippen LogP contribution in [-0.4, -0.2) is 343 Å². The molecule has 6 fully saturated rings. The second-order valence-corrected chi connectivity index (χ2v) is 28.6. The highest BCUT2D eigenvalue weighted by Crippen LogP contribution is 2.43. The van der Waals surface area contributed by atoms with Crippen molar-refractivity contribution >= 4 is 119 Å². The first-order valence-corrected chi connectivity index (χ1v) is 38.8. The lowest BCUT2D eigenvalue weighted by molar-refractivity contribution is -0.396. The lowest BCUT2D eigenvalue weighted by atomic mass is 9.94. The molecular weight excluding hydrogens is 1730 g/mol. The van der Waals surface area contributed by atoms with E-state index in [0.29, 0.717) is 0 Å². The van der Waals surface area contributed by atoms with Crippen LogP contribution in [0.3, 0.4) is 0 Å². The van der Waals surface area contributed by atoms with Gasteiger partial charge in [0, 0.05) is 138 Å². The van der Waals surface area contributed by atoms with Crippen LogP contribution in [0.25, 0.3) is 0 Å². The van der Waals surface area contributed by atoms with Gasteiger partial charge < -0.3 is 147 Å². The molecule has 51 nitrogen and oxygen atoms in total. The minimum absolute atomic E-state index is 0.801. The molecule has 6 aliphatic heterocycles. The molecule has 6 saturated heterocycles. The summed E-state index contributed by atoms with van der Waals surface area (Å²) in [5, 5.41) is 0. The van der Waals surface area contributed by atoms with Crippen molar-refractivity contribution in [3.63, 3.8) is 0 Å². The third-order valence-corrected chi connectivity index (χ3v) is 17.9. The summed E-state index contributed by atoms with van der Waals surface area (Å²) in [6.45, 7) is 11.6. The van der Waals surface area contributed by atoms with Gasteiger partial charge in [0.1, 0.15) is 107 Å². The molecule has 712 valence electrons. The van der Waals surface area contributed by atoms with Crippen molar-refractivity contribution in [1.29, 1.82) is 0 Å². The van der Waals surface area contributed by atoms with Gasteiger partial charge in [0.25, 0.3) is 0 Å². The van der Waals surface area contributed by atoms with Gasteiger partial charge in [0.15, 0.2) is 105 Å². The maximum Gasteiger partial charge on any atom is 0.305 e. The van der Waals surface area contributed by atoms with Gasteiger partial charge in [-0.1, -0.05) is 0 Å². The second kappa shape index (κ2) is 48.2. The van der Waals surface area contributed by atoms with Crippen molar-refractivity contribution in [2.45, 2.75) is 323 Å². The quantitative estimate of drug-likeness (QED) is 0.0455. The van der Waals surface area contributed by atoms with Gasteiger partial charge in [-0.3, -0.25) is 95.9 Å². The molecule has 51 heteroatoms.